The molecular weight excluding hydrogens is 631 g/mol. The molecule has 0 atom stereocenters. The molecule has 0 aliphatic rings. The van der Waals surface area contributed by atoms with E-state index < -0.39 is 30.0 Å². The van der Waals surface area contributed by atoms with Crippen molar-refractivity contribution in [1.29, 1.82) is 0 Å². The third kappa shape index (κ3) is 10.4. The maximum atomic E-state index is 12.2. The number of azo groups is 2. The molecule has 0 spiro atoms. The summed E-state index contributed by atoms with van der Waals surface area (Å²) < 4.78 is 79.2. The average molecular weight is 660 g/mol. The fourth-order valence-electron chi connectivity index (χ4n) is 3.85. The van der Waals surface area contributed by atoms with Crippen LogP contribution < -0.4 is 39.0 Å². The van der Waals surface area contributed by atoms with Gasteiger partial charge in [-0.2, -0.15) is 37.3 Å². The van der Waals surface area contributed by atoms with Crippen molar-refractivity contribution in [2.24, 2.45) is 20.5 Å². The summed E-state index contributed by atoms with van der Waals surface area (Å²) in [6, 6.07) is 21.5. The summed E-state index contributed by atoms with van der Waals surface area (Å²) in [5.74, 6) is 1.33. The van der Waals surface area contributed by atoms with Gasteiger partial charge in [-0.15, -0.1) is 0 Å². The molecule has 0 saturated heterocycles. The maximum absolute atomic E-state index is 12.2. The molecule has 228 valence electrons. The SMILES string of the molecule is CCOc1ccc(N=Nc2ccc(/C=C/c3ccc(N=Nc4ccc(OCC)cc4)cc3S(=O)(=O)O)c(S(=O)(=O)O)c2)cc1.[Na+]. The van der Waals surface area contributed by atoms with E-state index in [1.54, 1.807) is 48.5 Å². The molecule has 0 amide bonds. The Kier molecular flexibility index (Phi) is 12.7. The van der Waals surface area contributed by atoms with Gasteiger partial charge in [0.2, 0.25) is 0 Å². The minimum atomic E-state index is -4.71. The van der Waals surface area contributed by atoms with Crippen LogP contribution in [-0.2, 0) is 20.2 Å². The van der Waals surface area contributed by atoms with Crippen LogP contribution in [0.1, 0.15) is 25.0 Å². The first-order valence-corrected chi connectivity index (χ1v) is 16.0. The fourth-order valence-corrected chi connectivity index (χ4v) is 5.26. The van der Waals surface area contributed by atoms with Crippen molar-refractivity contribution in [2.75, 3.05) is 13.2 Å². The third-order valence-corrected chi connectivity index (χ3v) is 7.67. The second kappa shape index (κ2) is 16.0. The number of rotatable bonds is 12. The zero-order chi connectivity index (χ0) is 31.7. The summed E-state index contributed by atoms with van der Waals surface area (Å²) in [5.41, 5.74) is 1.34. The van der Waals surface area contributed by atoms with Crippen molar-refractivity contribution >= 4 is 55.1 Å². The summed E-state index contributed by atoms with van der Waals surface area (Å²) in [6.07, 6.45) is 2.56. The van der Waals surface area contributed by atoms with E-state index in [1.165, 1.54) is 36.4 Å². The van der Waals surface area contributed by atoms with Crippen LogP contribution in [-0.4, -0.2) is 39.2 Å². The molecule has 4 rings (SSSR count). The van der Waals surface area contributed by atoms with E-state index in [9.17, 15) is 25.9 Å². The second-order valence-corrected chi connectivity index (χ2v) is 11.8. The van der Waals surface area contributed by atoms with Crippen molar-refractivity contribution in [3.05, 3.63) is 96.1 Å². The smallest absolute Gasteiger partial charge is 0.494 e. The van der Waals surface area contributed by atoms with Gasteiger partial charge in [-0.1, -0.05) is 24.3 Å². The Morgan fingerprint density at radius 2 is 0.867 bits per heavy atom. The number of hydrogen-bond donors (Lipinski definition) is 2. The van der Waals surface area contributed by atoms with Crippen LogP contribution in [0.25, 0.3) is 12.2 Å². The van der Waals surface area contributed by atoms with Crippen LogP contribution >= 0.6 is 0 Å². The van der Waals surface area contributed by atoms with Crippen LogP contribution in [0, 0.1) is 0 Å². The first-order chi connectivity index (χ1) is 21.0. The molecule has 0 aliphatic carbocycles. The van der Waals surface area contributed by atoms with Gasteiger partial charge in [0.05, 0.1) is 36.0 Å². The molecule has 0 unspecified atom stereocenters. The van der Waals surface area contributed by atoms with E-state index in [2.05, 4.69) is 20.5 Å². The summed E-state index contributed by atoms with van der Waals surface area (Å²) >= 11 is 0. The Balaban J connectivity index is 0.00000552. The van der Waals surface area contributed by atoms with Gasteiger partial charge >= 0.3 is 29.6 Å². The summed E-state index contributed by atoms with van der Waals surface area (Å²) in [7, 11) is -9.43. The molecule has 0 heterocycles. The minimum absolute atomic E-state index is 0. The molecule has 0 radical (unpaired) electrons. The van der Waals surface area contributed by atoms with Gasteiger partial charge in [0.25, 0.3) is 20.2 Å². The molecule has 0 fully saturated rings. The Hall–Kier alpha value is -3.76. The molecule has 0 saturated carbocycles. The van der Waals surface area contributed by atoms with E-state index in [1.807, 2.05) is 13.8 Å². The van der Waals surface area contributed by atoms with Gasteiger partial charge in [0.1, 0.15) is 21.3 Å². The zero-order valence-electron chi connectivity index (χ0n) is 24.6. The quantitative estimate of drug-likeness (QED) is 0.0926. The molecule has 0 bridgehead atoms. The second-order valence-electron chi connectivity index (χ2n) is 8.98. The van der Waals surface area contributed by atoms with E-state index in [0.29, 0.717) is 36.1 Å². The van der Waals surface area contributed by atoms with Crippen LogP contribution in [0.3, 0.4) is 0 Å². The zero-order valence-corrected chi connectivity index (χ0v) is 28.2. The summed E-state index contributed by atoms with van der Waals surface area (Å²) in [4.78, 5) is -0.961. The van der Waals surface area contributed by atoms with Crippen molar-refractivity contribution in [3.63, 3.8) is 0 Å². The number of ether oxygens (including phenoxy) is 2. The van der Waals surface area contributed by atoms with E-state index in [4.69, 9.17) is 9.47 Å². The topological polar surface area (TPSA) is 177 Å². The normalized spacial score (nSPS) is 12.1. The van der Waals surface area contributed by atoms with E-state index in [0.717, 1.165) is 12.1 Å². The van der Waals surface area contributed by atoms with E-state index >= 15 is 0 Å². The molecule has 4 aromatic carbocycles. The van der Waals surface area contributed by atoms with Crippen LogP contribution in [0.2, 0.25) is 0 Å². The Bertz CT molecular complexity index is 1790. The summed E-state index contributed by atoms with van der Waals surface area (Å²) in [6.45, 7) is 4.75. The number of hydrogen-bond acceptors (Lipinski definition) is 10. The molecule has 4 aromatic rings. The van der Waals surface area contributed by atoms with Gasteiger partial charge in [0, 0.05) is 0 Å². The number of benzene rings is 4. The first-order valence-electron chi connectivity index (χ1n) is 13.2. The van der Waals surface area contributed by atoms with Crippen molar-refractivity contribution < 1.29 is 65.0 Å². The molecule has 15 heteroatoms. The van der Waals surface area contributed by atoms with Crippen molar-refractivity contribution in [2.45, 2.75) is 23.6 Å². The van der Waals surface area contributed by atoms with Crippen LogP contribution in [0.15, 0.2) is 115 Å². The molecule has 45 heavy (non-hydrogen) atoms. The Morgan fingerprint density at radius 3 is 1.18 bits per heavy atom. The first kappa shape index (κ1) is 35.7. The monoisotopic (exact) mass is 659 g/mol. The molecular formula is C30H28N4NaO8S2+. The van der Waals surface area contributed by atoms with Gasteiger partial charge < -0.3 is 9.47 Å². The minimum Gasteiger partial charge on any atom is -0.494 e. The fraction of sp³-hybridized carbons (Fsp3) is 0.133. The van der Waals surface area contributed by atoms with Crippen molar-refractivity contribution in [1.82, 2.24) is 0 Å². The van der Waals surface area contributed by atoms with Gasteiger partial charge in [0.15, 0.2) is 0 Å². The standard InChI is InChI=1S/C30H28N4O8S2.Na/c1-3-41-27-15-11-23(12-16-27)31-33-25-9-7-21(29(19-25)43(35,36)37)5-6-22-8-10-26(20-30(22)44(38,39)40)34-32-24-13-17-28(18-14-24)42-4-2;/h5-20H,3-4H2,1-2H3,(H,35,36,37)(H,38,39,40);/q;+1/b6-5+,33-31?,34-32?;. The van der Waals surface area contributed by atoms with E-state index in [-0.39, 0.29) is 52.1 Å². The predicted molar refractivity (Wildman–Crippen MR) is 165 cm³/mol. The predicted octanol–water partition coefficient (Wildman–Crippen LogP) is 4.98. The van der Waals surface area contributed by atoms with Crippen LogP contribution in [0.5, 0.6) is 11.5 Å². The van der Waals surface area contributed by atoms with Gasteiger partial charge in [-0.05, 0) is 97.8 Å². The Morgan fingerprint density at radius 1 is 0.556 bits per heavy atom. The summed E-state index contributed by atoms with van der Waals surface area (Å²) in [5, 5.41) is 16.2. The molecule has 0 aliphatic heterocycles. The third-order valence-electron chi connectivity index (χ3n) is 5.85. The van der Waals surface area contributed by atoms with Crippen molar-refractivity contribution in [3.8, 4) is 11.5 Å². The largest absolute Gasteiger partial charge is 1.00 e. The average Bonchev–Trinajstić information content (AvgIpc) is 2.99. The van der Waals surface area contributed by atoms with Gasteiger partial charge in [-0.3, -0.25) is 9.11 Å². The maximum Gasteiger partial charge on any atom is 1.00 e. The molecule has 0 aromatic heterocycles. The van der Waals surface area contributed by atoms with Gasteiger partial charge in [-0.25, -0.2) is 0 Å². The van der Waals surface area contributed by atoms with Crippen LogP contribution in [0.4, 0.5) is 22.7 Å². The molecule has 12 nitrogen and oxygen atoms in total. The molecule has 2 N–H and O–H groups in total. The Labute approximate surface area is 283 Å². The number of nitrogens with zero attached hydrogens (tertiary/aromatic N) is 4.